The molecule has 0 aliphatic rings. The van der Waals surface area contributed by atoms with E-state index in [0.29, 0.717) is 35.6 Å². The van der Waals surface area contributed by atoms with Crippen LogP contribution in [0.15, 0.2) is 51.8 Å². The maximum atomic E-state index is 12.5. The van der Waals surface area contributed by atoms with Gasteiger partial charge in [0, 0.05) is 17.6 Å². The second kappa shape index (κ2) is 14.9. The van der Waals surface area contributed by atoms with Crippen molar-refractivity contribution in [3.63, 3.8) is 0 Å². The molecule has 0 bridgehead atoms. The number of esters is 1. The van der Waals surface area contributed by atoms with Crippen LogP contribution in [0.1, 0.15) is 78.6 Å². The Morgan fingerprint density at radius 2 is 1.51 bits per heavy atom. The van der Waals surface area contributed by atoms with Gasteiger partial charge in [0.1, 0.15) is 11.3 Å². The van der Waals surface area contributed by atoms with Gasteiger partial charge in [0.05, 0.1) is 24.2 Å². The van der Waals surface area contributed by atoms with Crippen LogP contribution in [0.2, 0.25) is 0 Å². The topological polar surface area (TPSA) is 87.9 Å². The molecule has 0 radical (unpaired) electrons. The van der Waals surface area contributed by atoms with E-state index in [-0.39, 0.29) is 17.3 Å². The highest BCUT2D eigenvalue weighted by Crippen LogP contribution is 2.27. The van der Waals surface area contributed by atoms with Gasteiger partial charge in [0.2, 0.25) is 5.88 Å². The molecule has 0 spiro atoms. The quantitative estimate of drug-likeness (QED) is 0.125. The standard InChI is InChI=1S/C31H38F3NO6/c1-4-30(2,3)29(37)39-18-12-10-8-6-5-7-9-11-17-38-27-20-26-23(21-35-27)19-25(28(36)40-26)22-13-15-24(16-14-22)41-31(32,33)34/h13-16,19-21H,4-12,17-18H2,1-3H3. The summed E-state index contributed by atoms with van der Waals surface area (Å²) in [5, 5.41) is 0.561. The van der Waals surface area contributed by atoms with Gasteiger partial charge < -0.3 is 18.6 Å². The number of rotatable bonds is 16. The molecule has 3 aromatic rings. The summed E-state index contributed by atoms with van der Waals surface area (Å²) in [6.45, 7) is 6.78. The minimum atomic E-state index is -4.79. The molecular weight excluding hydrogens is 539 g/mol. The third-order valence-electron chi connectivity index (χ3n) is 6.95. The zero-order valence-corrected chi connectivity index (χ0v) is 23.9. The molecule has 0 aliphatic carbocycles. The number of hydrogen-bond donors (Lipinski definition) is 0. The van der Waals surface area contributed by atoms with Crippen molar-refractivity contribution < 1.29 is 36.6 Å². The molecule has 2 heterocycles. The number of carbonyl (C=O) groups excluding carboxylic acids is 1. The van der Waals surface area contributed by atoms with Gasteiger partial charge in [0.25, 0.3) is 0 Å². The van der Waals surface area contributed by atoms with E-state index in [4.69, 9.17) is 13.9 Å². The average molecular weight is 578 g/mol. The number of ether oxygens (including phenoxy) is 3. The molecule has 7 nitrogen and oxygen atoms in total. The van der Waals surface area contributed by atoms with Crippen LogP contribution in [0.3, 0.4) is 0 Å². The predicted octanol–water partition coefficient (Wildman–Crippen LogP) is 8.23. The first-order valence-electron chi connectivity index (χ1n) is 14.1. The lowest BCUT2D eigenvalue weighted by molar-refractivity contribution is -0.274. The van der Waals surface area contributed by atoms with Crippen LogP contribution >= 0.6 is 0 Å². The van der Waals surface area contributed by atoms with Crippen molar-refractivity contribution in [3.8, 4) is 22.8 Å². The molecule has 41 heavy (non-hydrogen) atoms. The molecule has 3 rings (SSSR count). The van der Waals surface area contributed by atoms with E-state index in [1.807, 2.05) is 20.8 Å². The van der Waals surface area contributed by atoms with E-state index in [9.17, 15) is 22.8 Å². The lowest BCUT2D eigenvalue weighted by atomic mass is 9.91. The van der Waals surface area contributed by atoms with Gasteiger partial charge in [0.15, 0.2) is 0 Å². The highest BCUT2D eigenvalue weighted by molar-refractivity contribution is 5.81. The minimum Gasteiger partial charge on any atom is -0.478 e. The fourth-order valence-electron chi connectivity index (χ4n) is 4.06. The van der Waals surface area contributed by atoms with Gasteiger partial charge in [-0.2, -0.15) is 0 Å². The van der Waals surface area contributed by atoms with Crippen molar-refractivity contribution in [3.05, 3.63) is 53.0 Å². The Morgan fingerprint density at radius 3 is 2.12 bits per heavy atom. The highest BCUT2D eigenvalue weighted by atomic mass is 19.4. The number of carbonyl (C=O) groups is 1. The van der Waals surface area contributed by atoms with Gasteiger partial charge in [-0.1, -0.05) is 57.6 Å². The van der Waals surface area contributed by atoms with Crippen molar-refractivity contribution >= 4 is 16.9 Å². The van der Waals surface area contributed by atoms with E-state index in [1.165, 1.54) is 18.3 Å². The van der Waals surface area contributed by atoms with E-state index < -0.39 is 17.4 Å². The van der Waals surface area contributed by atoms with Crippen LogP contribution in [0, 0.1) is 5.41 Å². The molecule has 0 aliphatic heterocycles. The minimum absolute atomic E-state index is 0.120. The van der Waals surface area contributed by atoms with E-state index in [2.05, 4.69) is 9.72 Å². The summed E-state index contributed by atoms with van der Waals surface area (Å²) >= 11 is 0. The second-order valence-corrected chi connectivity index (χ2v) is 10.6. The monoisotopic (exact) mass is 577 g/mol. The summed E-state index contributed by atoms with van der Waals surface area (Å²) < 4.78 is 57.5. The Hall–Kier alpha value is -3.56. The highest BCUT2D eigenvalue weighted by Gasteiger charge is 2.31. The SMILES string of the molecule is CCC(C)(C)C(=O)OCCCCCCCCCCOc1cc2oc(=O)c(-c3ccc(OC(F)(F)F)cc3)cc2cn1. The molecule has 224 valence electrons. The normalized spacial score (nSPS) is 12.0. The van der Waals surface area contributed by atoms with Crippen LogP contribution < -0.4 is 15.1 Å². The Balaban J connectivity index is 1.34. The number of alkyl halides is 3. The summed E-state index contributed by atoms with van der Waals surface area (Å²) in [5.41, 5.74) is -0.128. The Bertz CT molecular complexity index is 1320. The van der Waals surface area contributed by atoms with Crippen molar-refractivity contribution in [2.45, 2.75) is 84.9 Å². The zero-order valence-electron chi connectivity index (χ0n) is 23.9. The van der Waals surface area contributed by atoms with E-state index >= 15 is 0 Å². The number of halogens is 3. The largest absolute Gasteiger partial charge is 0.573 e. The lowest BCUT2D eigenvalue weighted by Crippen LogP contribution is -2.26. The van der Waals surface area contributed by atoms with Crippen LogP contribution in [0.25, 0.3) is 22.1 Å². The number of nitrogens with zero attached hydrogens (tertiary/aromatic N) is 1. The fourth-order valence-corrected chi connectivity index (χ4v) is 4.06. The molecule has 0 fully saturated rings. The molecule has 0 saturated carbocycles. The molecular formula is C31H38F3NO6. The number of aromatic nitrogens is 1. The number of hydrogen-bond acceptors (Lipinski definition) is 7. The van der Waals surface area contributed by atoms with Crippen molar-refractivity contribution in [2.24, 2.45) is 5.41 Å². The molecule has 0 saturated heterocycles. The van der Waals surface area contributed by atoms with E-state index in [1.54, 1.807) is 12.1 Å². The summed E-state index contributed by atoms with van der Waals surface area (Å²) in [7, 11) is 0. The first kappa shape index (κ1) is 32.0. The summed E-state index contributed by atoms with van der Waals surface area (Å²) in [4.78, 5) is 28.7. The summed E-state index contributed by atoms with van der Waals surface area (Å²) in [5.74, 6) is -0.145. The molecule has 1 aromatic carbocycles. The molecule has 10 heteroatoms. The van der Waals surface area contributed by atoms with Crippen LogP contribution in [0.5, 0.6) is 11.6 Å². The predicted molar refractivity (Wildman–Crippen MR) is 150 cm³/mol. The van der Waals surface area contributed by atoms with Gasteiger partial charge in [-0.15, -0.1) is 13.2 Å². The maximum absolute atomic E-state index is 12.5. The number of unbranched alkanes of at least 4 members (excludes halogenated alkanes) is 7. The third-order valence-corrected chi connectivity index (χ3v) is 6.95. The summed E-state index contributed by atoms with van der Waals surface area (Å²) in [6.07, 6.45) is 5.88. The summed E-state index contributed by atoms with van der Waals surface area (Å²) in [6, 6.07) is 8.13. The zero-order chi connectivity index (χ0) is 29.9. The molecule has 0 atom stereocenters. The van der Waals surface area contributed by atoms with Crippen LogP contribution in [0.4, 0.5) is 13.2 Å². The number of benzene rings is 1. The van der Waals surface area contributed by atoms with Gasteiger partial charge in [-0.05, 0) is 56.9 Å². The van der Waals surface area contributed by atoms with Crippen molar-refractivity contribution in [1.29, 1.82) is 0 Å². The Morgan fingerprint density at radius 1 is 0.902 bits per heavy atom. The second-order valence-electron chi connectivity index (χ2n) is 10.6. The van der Waals surface area contributed by atoms with Crippen molar-refractivity contribution in [1.82, 2.24) is 4.98 Å². The first-order chi connectivity index (χ1) is 19.5. The molecule has 0 N–H and O–H groups in total. The molecule has 0 amide bonds. The third kappa shape index (κ3) is 10.4. The van der Waals surface area contributed by atoms with Gasteiger partial charge >= 0.3 is 18.0 Å². The van der Waals surface area contributed by atoms with Gasteiger partial charge in [-0.25, -0.2) is 9.78 Å². The fraction of sp³-hybridized carbons (Fsp3) is 0.516. The average Bonchev–Trinajstić information content (AvgIpc) is 2.92. The van der Waals surface area contributed by atoms with Gasteiger partial charge in [-0.3, -0.25) is 4.79 Å². The van der Waals surface area contributed by atoms with Crippen LogP contribution in [-0.2, 0) is 9.53 Å². The smallest absolute Gasteiger partial charge is 0.478 e. The Labute approximate surface area is 238 Å². The molecule has 0 unspecified atom stereocenters. The maximum Gasteiger partial charge on any atom is 0.573 e. The number of fused-ring (bicyclic) bond motifs is 1. The lowest BCUT2D eigenvalue weighted by Gasteiger charge is -2.20. The van der Waals surface area contributed by atoms with Crippen LogP contribution in [-0.4, -0.2) is 30.5 Å². The Kier molecular flexibility index (Phi) is 11.6. The van der Waals surface area contributed by atoms with E-state index in [0.717, 1.165) is 69.9 Å². The number of pyridine rings is 1. The van der Waals surface area contributed by atoms with Crippen molar-refractivity contribution in [2.75, 3.05) is 13.2 Å². The first-order valence-corrected chi connectivity index (χ1v) is 14.1. The molecule has 2 aromatic heterocycles.